The van der Waals surface area contributed by atoms with Gasteiger partial charge in [0, 0.05) is 38.2 Å². The summed E-state index contributed by atoms with van der Waals surface area (Å²) < 4.78 is 20.5. The highest BCUT2D eigenvalue weighted by Crippen LogP contribution is 2.20. The third-order valence-corrected chi connectivity index (χ3v) is 7.63. The number of ether oxygens (including phenoxy) is 3. The molecule has 0 aliphatic rings. The van der Waals surface area contributed by atoms with Gasteiger partial charge in [-0.3, -0.25) is 4.90 Å². The van der Waals surface area contributed by atoms with Gasteiger partial charge in [-0.15, -0.1) is 0 Å². The van der Waals surface area contributed by atoms with E-state index in [1.165, 1.54) is 0 Å². The Morgan fingerprint density at radius 3 is 1.10 bits per heavy atom. The maximum atomic E-state index is 12.5. The van der Waals surface area contributed by atoms with Gasteiger partial charge in [-0.2, -0.15) is 15.3 Å². The minimum atomic E-state index is -0.525. The molecule has 0 saturated heterocycles. The SMILES string of the molecule is CCOC(=O)c1cccc(-n2nccc2CN(Cc2ccnn2-c2cccc(C(=O)OCC)n2)Cc2ccnn2-c2cccc(C(=O)OCC)n2)n1. The number of carbonyl (C=O) groups excluding carboxylic acids is 3. The van der Waals surface area contributed by atoms with Crippen molar-refractivity contribution in [2.24, 2.45) is 0 Å². The number of pyridine rings is 3. The van der Waals surface area contributed by atoms with E-state index in [-0.39, 0.29) is 36.9 Å². The number of aromatic nitrogens is 9. The molecule has 0 aliphatic heterocycles. The predicted molar refractivity (Wildman–Crippen MR) is 185 cm³/mol. The van der Waals surface area contributed by atoms with Crippen molar-refractivity contribution >= 4 is 17.9 Å². The Labute approximate surface area is 298 Å². The van der Waals surface area contributed by atoms with E-state index in [0.29, 0.717) is 37.1 Å². The molecule has 6 aromatic heterocycles. The highest BCUT2D eigenvalue weighted by molar-refractivity contribution is 5.88. The monoisotopic (exact) mass is 704 g/mol. The predicted octanol–water partition coefficient (Wildman–Crippen LogP) is 4.16. The summed E-state index contributed by atoms with van der Waals surface area (Å²) in [5, 5.41) is 13.6. The average Bonchev–Trinajstić information content (AvgIpc) is 3.94. The average molecular weight is 705 g/mol. The zero-order chi connectivity index (χ0) is 36.5. The van der Waals surface area contributed by atoms with Crippen molar-refractivity contribution in [3.8, 4) is 17.5 Å². The molecule has 16 heteroatoms. The number of esters is 3. The summed E-state index contributed by atoms with van der Waals surface area (Å²) in [6.45, 7) is 6.96. The summed E-state index contributed by atoms with van der Waals surface area (Å²) in [7, 11) is 0. The highest BCUT2D eigenvalue weighted by Gasteiger charge is 2.20. The van der Waals surface area contributed by atoms with Gasteiger partial charge in [0.05, 0.1) is 36.9 Å². The molecule has 0 aromatic carbocycles. The summed E-state index contributed by atoms with van der Waals surface area (Å²) in [6, 6.07) is 20.9. The van der Waals surface area contributed by atoms with Crippen LogP contribution in [-0.2, 0) is 33.8 Å². The standard InChI is InChI=1S/C36H36N10O6/c1-4-50-34(47)28-10-7-13-31(40-28)44-25(16-19-37-44)22-43(23-26-17-20-38-45(26)32-14-8-11-29(41-32)35(48)51-5-2)24-27-18-21-39-46(27)33-15-9-12-30(42-33)36(49)52-6-3/h7-21H,4-6,22-24H2,1-3H3. The summed E-state index contributed by atoms with van der Waals surface area (Å²) in [6.07, 6.45) is 4.99. The molecular formula is C36H36N10O6. The van der Waals surface area contributed by atoms with Gasteiger partial charge in [0.15, 0.2) is 34.5 Å². The Morgan fingerprint density at radius 1 is 0.500 bits per heavy atom. The minimum absolute atomic E-state index is 0.167. The molecule has 0 aliphatic carbocycles. The second-order valence-corrected chi connectivity index (χ2v) is 11.2. The van der Waals surface area contributed by atoms with Crippen LogP contribution >= 0.6 is 0 Å². The van der Waals surface area contributed by atoms with Crippen LogP contribution in [0.5, 0.6) is 0 Å². The summed E-state index contributed by atoms with van der Waals surface area (Å²) in [5.41, 5.74) is 2.82. The maximum Gasteiger partial charge on any atom is 0.356 e. The zero-order valence-electron chi connectivity index (χ0n) is 28.8. The van der Waals surface area contributed by atoms with Crippen LogP contribution < -0.4 is 0 Å². The van der Waals surface area contributed by atoms with E-state index in [0.717, 1.165) is 17.1 Å². The molecule has 6 aromatic rings. The number of hydrogen-bond acceptors (Lipinski definition) is 13. The van der Waals surface area contributed by atoms with E-state index < -0.39 is 17.9 Å². The van der Waals surface area contributed by atoms with Crippen molar-refractivity contribution in [2.75, 3.05) is 19.8 Å². The number of carbonyl (C=O) groups is 3. The second kappa shape index (κ2) is 16.4. The third kappa shape index (κ3) is 8.08. The van der Waals surface area contributed by atoms with Crippen molar-refractivity contribution in [3.63, 3.8) is 0 Å². The molecule has 0 atom stereocenters. The van der Waals surface area contributed by atoms with Crippen molar-refractivity contribution in [3.05, 3.63) is 126 Å². The van der Waals surface area contributed by atoms with Crippen molar-refractivity contribution in [1.29, 1.82) is 0 Å². The summed E-state index contributed by atoms with van der Waals surface area (Å²) in [4.78, 5) is 53.1. The van der Waals surface area contributed by atoms with Crippen LogP contribution in [0.15, 0.2) is 91.4 Å². The fraction of sp³-hybridized carbons (Fsp3) is 0.250. The second-order valence-electron chi connectivity index (χ2n) is 11.2. The Morgan fingerprint density at radius 2 is 0.808 bits per heavy atom. The molecule has 0 radical (unpaired) electrons. The Bertz CT molecular complexity index is 1930. The van der Waals surface area contributed by atoms with Crippen LogP contribution in [-0.4, -0.2) is 86.9 Å². The van der Waals surface area contributed by atoms with E-state index >= 15 is 0 Å². The molecule has 6 heterocycles. The molecule has 0 bridgehead atoms. The molecule has 0 fully saturated rings. The van der Waals surface area contributed by atoms with Gasteiger partial charge < -0.3 is 14.2 Å². The van der Waals surface area contributed by atoms with Crippen LogP contribution in [0.25, 0.3) is 17.5 Å². The van der Waals surface area contributed by atoms with Gasteiger partial charge in [0.25, 0.3) is 0 Å². The van der Waals surface area contributed by atoms with E-state index in [4.69, 9.17) is 14.2 Å². The van der Waals surface area contributed by atoms with E-state index in [1.54, 1.807) is 108 Å². The first kappa shape index (κ1) is 35.3. The molecule has 16 nitrogen and oxygen atoms in total. The first-order valence-corrected chi connectivity index (χ1v) is 16.6. The molecule has 0 spiro atoms. The Kier molecular flexibility index (Phi) is 11.2. The first-order valence-electron chi connectivity index (χ1n) is 16.6. The van der Waals surface area contributed by atoms with Crippen LogP contribution in [0.3, 0.4) is 0 Å². The van der Waals surface area contributed by atoms with Crippen LogP contribution in [0.2, 0.25) is 0 Å². The van der Waals surface area contributed by atoms with Crippen LogP contribution in [0, 0.1) is 0 Å². The third-order valence-electron chi connectivity index (χ3n) is 7.63. The molecule has 266 valence electrons. The van der Waals surface area contributed by atoms with Crippen LogP contribution in [0.4, 0.5) is 0 Å². The van der Waals surface area contributed by atoms with Gasteiger partial charge >= 0.3 is 17.9 Å². The lowest BCUT2D eigenvalue weighted by molar-refractivity contribution is 0.0510. The zero-order valence-corrected chi connectivity index (χ0v) is 28.8. The molecule has 6 rings (SSSR count). The minimum Gasteiger partial charge on any atom is -0.461 e. The van der Waals surface area contributed by atoms with Crippen molar-refractivity contribution in [2.45, 2.75) is 40.4 Å². The number of hydrogen-bond donors (Lipinski definition) is 0. The van der Waals surface area contributed by atoms with Gasteiger partial charge in [-0.05, 0) is 75.4 Å². The summed E-state index contributed by atoms with van der Waals surface area (Å²) >= 11 is 0. The fourth-order valence-electron chi connectivity index (χ4n) is 5.41. The topological polar surface area (TPSA) is 174 Å². The first-order chi connectivity index (χ1) is 25.4. The number of rotatable bonds is 15. The maximum absolute atomic E-state index is 12.5. The van der Waals surface area contributed by atoms with E-state index in [2.05, 4.69) is 35.1 Å². The smallest absolute Gasteiger partial charge is 0.356 e. The van der Waals surface area contributed by atoms with Gasteiger partial charge in [-0.25, -0.2) is 43.4 Å². The Balaban J connectivity index is 1.35. The quantitative estimate of drug-likeness (QED) is 0.110. The largest absolute Gasteiger partial charge is 0.461 e. The molecule has 0 saturated carbocycles. The lowest BCUT2D eigenvalue weighted by Gasteiger charge is -2.23. The van der Waals surface area contributed by atoms with Gasteiger partial charge in [0.2, 0.25) is 0 Å². The highest BCUT2D eigenvalue weighted by atomic mass is 16.5. The molecule has 0 N–H and O–H groups in total. The van der Waals surface area contributed by atoms with Crippen molar-refractivity contribution < 1.29 is 28.6 Å². The van der Waals surface area contributed by atoms with Crippen LogP contribution in [0.1, 0.15) is 69.3 Å². The van der Waals surface area contributed by atoms with Gasteiger partial charge in [0.1, 0.15) is 0 Å². The van der Waals surface area contributed by atoms with E-state index in [9.17, 15) is 14.4 Å². The lowest BCUT2D eigenvalue weighted by atomic mass is 10.2. The molecular weight excluding hydrogens is 668 g/mol. The van der Waals surface area contributed by atoms with E-state index in [1.807, 2.05) is 18.2 Å². The Hall–Kier alpha value is -6.55. The van der Waals surface area contributed by atoms with Crippen molar-refractivity contribution in [1.82, 2.24) is 49.2 Å². The molecule has 0 unspecified atom stereocenters. The fourth-order valence-corrected chi connectivity index (χ4v) is 5.41. The molecule has 52 heavy (non-hydrogen) atoms. The normalized spacial score (nSPS) is 11.1. The molecule has 0 amide bonds. The lowest BCUT2D eigenvalue weighted by Crippen LogP contribution is -2.27. The number of nitrogens with zero attached hydrogens (tertiary/aromatic N) is 10. The summed E-state index contributed by atoms with van der Waals surface area (Å²) in [5.74, 6) is -0.242. The van der Waals surface area contributed by atoms with Gasteiger partial charge in [-0.1, -0.05) is 18.2 Å².